The number of carbonyl (C=O) groups is 1. The van der Waals surface area contributed by atoms with E-state index >= 15 is 0 Å². The Kier molecular flexibility index (Phi) is 6.49. The van der Waals surface area contributed by atoms with E-state index in [0.717, 1.165) is 39.3 Å². The third kappa shape index (κ3) is 5.18. The molecule has 3 rings (SSSR count). The Balaban J connectivity index is 1.38. The molecule has 2 fully saturated rings. The lowest BCUT2D eigenvalue weighted by Gasteiger charge is -2.32. The number of amides is 1. The SMILES string of the molecule is O=C(C[NH+]1CC[NH+](C[C@H]2CCCCO2)CC1)Nc1ccccc1Cl. The molecule has 0 spiro atoms. The molecule has 2 saturated heterocycles. The fourth-order valence-corrected chi connectivity index (χ4v) is 3.80. The zero-order valence-electron chi connectivity index (χ0n) is 14.2. The average Bonchev–Trinajstić information content (AvgIpc) is 2.60. The molecule has 0 unspecified atom stereocenters. The van der Waals surface area contributed by atoms with Gasteiger partial charge in [0.25, 0.3) is 5.91 Å². The first kappa shape index (κ1) is 17.7. The number of quaternary nitrogens is 2. The van der Waals surface area contributed by atoms with Crippen LogP contribution in [0.4, 0.5) is 5.69 Å². The Morgan fingerprint density at radius 3 is 2.62 bits per heavy atom. The molecule has 2 aliphatic heterocycles. The van der Waals surface area contributed by atoms with Crippen LogP contribution >= 0.6 is 11.6 Å². The number of para-hydroxylation sites is 1. The summed E-state index contributed by atoms with van der Waals surface area (Å²) in [5.41, 5.74) is 0.697. The van der Waals surface area contributed by atoms with Gasteiger partial charge in [0.05, 0.1) is 10.7 Å². The average molecular weight is 354 g/mol. The van der Waals surface area contributed by atoms with Gasteiger partial charge in [-0.05, 0) is 31.4 Å². The van der Waals surface area contributed by atoms with Gasteiger partial charge in [0.2, 0.25) is 0 Å². The van der Waals surface area contributed by atoms with Crippen LogP contribution in [-0.2, 0) is 9.53 Å². The molecule has 0 bridgehead atoms. The molecule has 0 aromatic heterocycles. The molecule has 1 amide bonds. The Morgan fingerprint density at radius 1 is 1.17 bits per heavy atom. The quantitative estimate of drug-likeness (QED) is 0.676. The molecule has 5 nitrogen and oxygen atoms in total. The monoisotopic (exact) mass is 353 g/mol. The highest BCUT2D eigenvalue weighted by Gasteiger charge is 2.27. The molecule has 2 heterocycles. The summed E-state index contributed by atoms with van der Waals surface area (Å²) in [6.45, 7) is 6.88. The summed E-state index contributed by atoms with van der Waals surface area (Å²) in [7, 11) is 0. The molecule has 1 aromatic carbocycles. The van der Waals surface area contributed by atoms with E-state index in [1.807, 2.05) is 18.2 Å². The number of anilines is 1. The van der Waals surface area contributed by atoms with Gasteiger partial charge >= 0.3 is 0 Å². The van der Waals surface area contributed by atoms with Crippen LogP contribution in [0.2, 0.25) is 5.02 Å². The molecule has 6 heteroatoms. The minimum absolute atomic E-state index is 0.0390. The minimum Gasteiger partial charge on any atom is -0.372 e. The van der Waals surface area contributed by atoms with Crippen molar-refractivity contribution < 1.29 is 19.3 Å². The van der Waals surface area contributed by atoms with Crippen LogP contribution in [0.3, 0.4) is 0 Å². The molecule has 0 aliphatic carbocycles. The van der Waals surface area contributed by atoms with E-state index in [1.54, 1.807) is 11.0 Å². The van der Waals surface area contributed by atoms with Crippen LogP contribution in [0.15, 0.2) is 24.3 Å². The van der Waals surface area contributed by atoms with E-state index in [0.29, 0.717) is 23.4 Å². The van der Waals surface area contributed by atoms with Crippen LogP contribution in [-0.4, -0.2) is 57.9 Å². The summed E-state index contributed by atoms with van der Waals surface area (Å²) in [5.74, 6) is 0.0390. The second kappa shape index (κ2) is 8.81. The summed E-state index contributed by atoms with van der Waals surface area (Å²) in [5, 5.41) is 3.50. The van der Waals surface area contributed by atoms with Gasteiger partial charge in [-0.15, -0.1) is 0 Å². The van der Waals surface area contributed by atoms with Gasteiger partial charge in [0.15, 0.2) is 6.54 Å². The van der Waals surface area contributed by atoms with Crippen LogP contribution in [0.5, 0.6) is 0 Å². The standard InChI is InChI=1S/C18H26ClN3O2/c19-16-6-1-2-7-17(16)20-18(23)14-22-10-8-21(9-11-22)13-15-5-3-4-12-24-15/h1-2,6-7,15H,3-5,8-14H2,(H,20,23)/p+2/t15-/m1/s1. The van der Waals surface area contributed by atoms with Gasteiger partial charge in [0, 0.05) is 6.61 Å². The second-order valence-electron chi connectivity index (χ2n) is 6.90. The molecule has 1 atom stereocenters. The van der Waals surface area contributed by atoms with Crippen molar-refractivity contribution in [2.24, 2.45) is 0 Å². The van der Waals surface area contributed by atoms with Crippen molar-refractivity contribution >= 4 is 23.2 Å². The molecule has 132 valence electrons. The lowest BCUT2D eigenvalue weighted by atomic mass is 10.1. The zero-order chi connectivity index (χ0) is 16.8. The van der Waals surface area contributed by atoms with Gasteiger partial charge < -0.3 is 19.9 Å². The molecular weight excluding hydrogens is 326 g/mol. The number of rotatable bonds is 5. The third-order valence-corrected chi connectivity index (χ3v) is 5.34. The summed E-state index contributed by atoms with van der Waals surface area (Å²) < 4.78 is 5.85. The van der Waals surface area contributed by atoms with Crippen LogP contribution < -0.4 is 15.1 Å². The van der Waals surface area contributed by atoms with Crippen LogP contribution in [0.25, 0.3) is 0 Å². The van der Waals surface area contributed by atoms with Crippen molar-refractivity contribution in [3.8, 4) is 0 Å². The smallest absolute Gasteiger partial charge is 0.279 e. The fraction of sp³-hybridized carbons (Fsp3) is 0.611. The lowest BCUT2D eigenvalue weighted by molar-refractivity contribution is -1.01. The van der Waals surface area contributed by atoms with Crippen molar-refractivity contribution in [3.05, 3.63) is 29.3 Å². The molecular formula is C18H28ClN3O2+2. The molecule has 24 heavy (non-hydrogen) atoms. The maximum absolute atomic E-state index is 12.2. The molecule has 0 saturated carbocycles. The van der Waals surface area contributed by atoms with E-state index in [9.17, 15) is 4.79 Å². The van der Waals surface area contributed by atoms with E-state index in [4.69, 9.17) is 16.3 Å². The Morgan fingerprint density at radius 2 is 1.92 bits per heavy atom. The molecule has 3 N–H and O–H groups in total. The maximum atomic E-state index is 12.2. The summed E-state index contributed by atoms with van der Waals surface area (Å²) in [6.07, 6.45) is 4.17. The predicted octanol–water partition coefficient (Wildman–Crippen LogP) is -0.369. The van der Waals surface area contributed by atoms with Crippen molar-refractivity contribution in [1.82, 2.24) is 0 Å². The number of ether oxygens (including phenoxy) is 1. The summed E-state index contributed by atoms with van der Waals surface area (Å²) in [4.78, 5) is 15.2. The van der Waals surface area contributed by atoms with E-state index in [-0.39, 0.29) is 5.91 Å². The van der Waals surface area contributed by atoms with Gasteiger partial charge in [-0.25, -0.2) is 0 Å². The highest BCUT2D eigenvalue weighted by Crippen LogP contribution is 2.19. The second-order valence-corrected chi connectivity index (χ2v) is 7.30. The predicted molar refractivity (Wildman–Crippen MR) is 94.8 cm³/mol. The van der Waals surface area contributed by atoms with Gasteiger partial charge in [0.1, 0.15) is 38.8 Å². The Labute approximate surface area is 148 Å². The molecule has 1 aromatic rings. The third-order valence-electron chi connectivity index (χ3n) is 5.01. The van der Waals surface area contributed by atoms with Gasteiger partial charge in [-0.3, -0.25) is 4.79 Å². The van der Waals surface area contributed by atoms with Crippen LogP contribution in [0, 0.1) is 0 Å². The van der Waals surface area contributed by atoms with Crippen molar-refractivity contribution in [2.75, 3.05) is 51.2 Å². The summed E-state index contributed by atoms with van der Waals surface area (Å²) >= 11 is 6.09. The molecule has 0 radical (unpaired) electrons. The topological polar surface area (TPSA) is 47.2 Å². The fourth-order valence-electron chi connectivity index (χ4n) is 3.61. The Hall–Kier alpha value is -1.14. The largest absolute Gasteiger partial charge is 0.372 e. The summed E-state index contributed by atoms with van der Waals surface area (Å²) in [6, 6.07) is 7.37. The first-order valence-electron chi connectivity index (χ1n) is 9.04. The number of benzene rings is 1. The normalized spacial score (nSPS) is 27.6. The van der Waals surface area contributed by atoms with E-state index in [2.05, 4.69) is 5.32 Å². The number of hydrogen-bond donors (Lipinski definition) is 3. The Bertz CT molecular complexity index is 541. The number of piperazine rings is 1. The first-order valence-corrected chi connectivity index (χ1v) is 9.41. The highest BCUT2D eigenvalue weighted by atomic mass is 35.5. The minimum atomic E-state index is 0.0390. The molecule has 2 aliphatic rings. The maximum Gasteiger partial charge on any atom is 0.279 e. The van der Waals surface area contributed by atoms with E-state index < -0.39 is 0 Å². The number of hydrogen-bond acceptors (Lipinski definition) is 2. The van der Waals surface area contributed by atoms with Crippen molar-refractivity contribution in [2.45, 2.75) is 25.4 Å². The van der Waals surface area contributed by atoms with Gasteiger partial charge in [-0.1, -0.05) is 23.7 Å². The highest BCUT2D eigenvalue weighted by molar-refractivity contribution is 6.33. The lowest BCUT2D eigenvalue weighted by Crippen LogP contribution is -3.28. The van der Waals surface area contributed by atoms with Crippen LogP contribution in [0.1, 0.15) is 19.3 Å². The number of halogens is 1. The number of nitrogens with one attached hydrogen (secondary N) is 3. The first-order chi connectivity index (χ1) is 11.7. The van der Waals surface area contributed by atoms with Crippen molar-refractivity contribution in [1.29, 1.82) is 0 Å². The van der Waals surface area contributed by atoms with Crippen molar-refractivity contribution in [3.63, 3.8) is 0 Å². The van der Waals surface area contributed by atoms with Gasteiger partial charge in [-0.2, -0.15) is 0 Å². The number of carbonyl (C=O) groups excluding carboxylic acids is 1. The van der Waals surface area contributed by atoms with E-state index in [1.165, 1.54) is 24.2 Å². The zero-order valence-corrected chi connectivity index (χ0v) is 14.9.